The predicted octanol–water partition coefficient (Wildman–Crippen LogP) is 3.07. The van der Waals surface area contributed by atoms with Crippen molar-refractivity contribution in [3.63, 3.8) is 0 Å². The Morgan fingerprint density at radius 3 is 2.78 bits per heavy atom. The van der Waals surface area contributed by atoms with Gasteiger partial charge in [-0.15, -0.1) is 0 Å². The lowest BCUT2D eigenvalue weighted by atomic mass is 10.0. The zero-order chi connectivity index (χ0) is 13.0. The normalized spacial score (nSPS) is 10.7. The number of rotatable bonds is 5. The van der Waals surface area contributed by atoms with Crippen LogP contribution in [0, 0.1) is 0 Å². The molecule has 3 heteroatoms. The fraction of sp³-hybridized carbons (Fsp3) is 0.333. The maximum Gasteiger partial charge on any atom is 0.249 e. The zero-order valence-electron chi connectivity index (χ0n) is 10.5. The van der Waals surface area contributed by atoms with Gasteiger partial charge in [-0.25, -0.2) is 0 Å². The van der Waals surface area contributed by atoms with E-state index in [2.05, 4.69) is 11.9 Å². The van der Waals surface area contributed by atoms with Gasteiger partial charge in [0.25, 0.3) is 0 Å². The van der Waals surface area contributed by atoms with Gasteiger partial charge in [0.15, 0.2) is 6.29 Å². The van der Waals surface area contributed by atoms with Crippen molar-refractivity contribution < 1.29 is 4.79 Å². The van der Waals surface area contributed by atoms with E-state index in [4.69, 9.17) is 0 Å². The highest BCUT2D eigenvalue weighted by Gasteiger charge is 2.04. The highest BCUT2D eigenvalue weighted by molar-refractivity contribution is 5.96. The summed E-state index contributed by atoms with van der Waals surface area (Å²) in [5, 5.41) is 0.832. The van der Waals surface area contributed by atoms with E-state index in [1.54, 1.807) is 0 Å². The van der Waals surface area contributed by atoms with E-state index in [-0.39, 0.29) is 5.56 Å². The van der Waals surface area contributed by atoms with Gasteiger partial charge in [-0.3, -0.25) is 9.59 Å². The lowest BCUT2D eigenvalue weighted by molar-refractivity contribution is 0.112. The molecule has 0 bridgehead atoms. The fourth-order valence-electron chi connectivity index (χ4n) is 2.16. The number of hydrogen-bond acceptors (Lipinski definition) is 2. The summed E-state index contributed by atoms with van der Waals surface area (Å²) < 4.78 is 0. The maximum absolute atomic E-state index is 11.3. The topological polar surface area (TPSA) is 49.9 Å². The van der Waals surface area contributed by atoms with E-state index in [0.29, 0.717) is 5.56 Å². The molecule has 94 valence electrons. The van der Waals surface area contributed by atoms with Crippen LogP contribution in [0.1, 0.15) is 42.1 Å². The van der Waals surface area contributed by atoms with Crippen molar-refractivity contribution >= 4 is 17.2 Å². The minimum atomic E-state index is -0.233. The molecule has 18 heavy (non-hydrogen) atoms. The summed E-state index contributed by atoms with van der Waals surface area (Å²) in [5.41, 5.74) is 2.17. The second-order valence-corrected chi connectivity index (χ2v) is 4.54. The number of aromatic amines is 1. The molecule has 1 aromatic heterocycles. The van der Waals surface area contributed by atoms with Gasteiger partial charge >= 0.3 is 0 Å². The molecule has 0 radical (unpaired) electrons. The van der Waals surface area contributed by atoms with Gasteiger partial charge in [-0.1, -0.05) is 25.8 Å². The third-order valence-corrected chi connectivity index (χ3v) is 3.14. The first-order chi connectivity index (χ1) is 8.74. The molecule has 2 aromatic rings. The van der Waals surface area contributed by atoms with Crippen molar-refractivity contribution in [1.29, 1.82) is 0 Å². The average molecular weight is 243 g/mol. The van der Waals surface area contributed by atoms with E-state index >= 15 is 0 Å². The molecule has 2 rings (SSSR count). The van der Waals surface area contributed by atoms with Crippen LogP contribution < -0.4 is 5.56 Å². The minimum Gasteiger partial charge on any atom is -0.322 e. The largest absolute Gasteiger partial charge is 0.322 e. The van der Waals surface area contributed by atoms with Gasteiger partial charge in [0.05, 0.1) is 0 Å². The fourth-order valence-corrected chi connectivity index (χ4v) is 2.16. The molecule has 0 saturated heterocycles. The summed E-state index contributed by atoms with van der Waals surface area (Å²) in [7, 11) is 0. The summed E-state index contributed by atoms with van der Waals surface area (Å²) in [6, 6.07) is 7.25. The summed E-state index contributed by atoms with van der Waals surface area (Å²) in [6.07, 6.45) is 5.32. The van der Waals surface area contributed by atoms with Crippen molar-refractivity contribution in [2.75, 3.05) is 0 Å². The smallest absolute Gasteiger partial charge is 0.249 e. The summed E-state index contributed by atoms with van der Waals surface area (Å²) >= 11 is 0. The lowest BCUT2D eigenvalue weighted by Crippen LogP contribution is -2.06. The zero-order valence-corrected chi connectivity index (χ0v) is 10.5. The predicted molar refractivity (Wildman–Crippen MR) is 73.2 cm³/mol. The molecule has 1 N–H and O–H groups in total. The van der Waals surface area contributed by atoms with Gasteiger partial charge in [0, 0.05) is 22.5 Å². The Kier molecular flexibility index (Phi) is 3.92. The summed E-state index contributed by atoms with van der Waals surface area (Å²) in [6.45, 7) is 2.18. The average Bonchev–Trinajstić information content (AvgIpc) is 2.38. The quantitative estimate of drug-likeness (QED) is 0.648. The number of H-pyrrole nitrogens is 1. The number of pyridine rings is 1. The van der Waals surface area contributed by atoms with E-state index in [9.17, 15) is 9.59 Å². The van der Waals surface area contributed by atoms with Crippen LogP contribution in [-0.2, 0) is 6.42 Å². The number of aryl methyl sites for hydroxylation is 1. The molecule has 0 amide bonds. The number of benzene rings is 1. The molecule has 0 spiro atoms. The second kappa shape index (κ2) is 5.63. The summed E-state index contributed by atoms with van der Waals surface area (Å²) in [4.78, 5) is 25.1. The number of aldehydes is 1. The number of carbonyl (C=O) groups is 1. The molecule has 0 aliphatic carbocycles. The molecule has 1 heterocycles. The third-order valence-electron chi connectivity index (χ3n) is 3.14. The van der Waals surface area contributed by atoms with Crippen LogP contribution in [0.5, 0.6) is 0 Å². The van der Waals surface area contributed by atoms with Crippen molar-refractivity contribution in [2.45, 2.75) is 32.6 Å². The Bertz CT molecular complexity index is 613. The van der Waals surface area contributed by atoms with Gasteiger partial charge in [0.1, 0.15) is 0 Å². The van der Waals surface area contributed by atoms with Gasteiger partial charge in [-0.05, 0) is 30.5 Å². The molecular weight excluding hydrogens is 226 g/mol. The Hall–Kier alpha value is -1.90. The van der Waals surface area contributed by atoms with Gasteiger partial charge in [-0.2, -0.15) is 0 Å². The van der Waals surface area contributed by atoms with E-state index in [1.165, 1.54) is 24.5 Å². The molecule has 3 nitrogen and oxygen atoms in total. The summed E-state index contributed by atoms with van der Waals surface area (Å²) in [5.74, 6) is 0. The SMILES string of the molecule is CCCCCc1ccc2[nH]c(=O)cc(C=O)c2c1. The monoisotopic (exact) mass is 243 g/mol. The third kappa shape index (κ3) is 2.67. The number of fused-ring (bicyclic) bond motifs is 1. The van der Waals surface area contributed by atoms with Crippen LogP contribution in [0.3, 0.4) is 0 Å². The maximum atomic E-state index is 11.3. The van der Waals surface area contributed by atoms with Gasteiger partial charge in [0.2, 0.25) is 5.56 Å². The number of hydrogen-bond donors (Lipinski definition) is 1. The number of unbranched alkanes of at least 4 members (excludes halogenated alkanes) is 2. The van der Waals surface area contributed by atoms with Crippen LogP contribution >= 0.6 is 0 Å². The minimum absolute atomic E-state index is 0.233. The first-order valence-corrected chi connectivity index (χ1v) is 6.35. The van der Waals surface area contributed by atoms with Gasteiger partial charge < -0.3 is 4.98 Å². The van der Waals surface area contributed by atoms with Crippen LogP contribution in [-0.4, -0.2) is 11.3 Å². The van der Waals surface area contributed by atoms with E-state index < -0.39 is 0 Å². The van der Waals surface area contributed by atoms with Crippen LogP contribution in [0.15, 0.2) is 29.1 Å². The van der Waals surface area contributed by atoms with Crippen molar-refractivity contribution in [3.8, 4) is 0 Å². The molecule has 0 fully saturated rings. The highest BCUT2D eigenvalue weighted by atomic mass is 16.1. The highest BCUT2D eigenvalue weighted by Crippen LogP contribution is 2.17. The second-order valence-electron chi connectivity index (χ2n) is 4.54. The molecule has 0 unspecified atom stereocenters. The molecule has 0 aliphatic heterocycles. The van der Waals surface area contributed by atoms with Crippen molar-refractivity contribution in [1.82, 2.24) is 4.98 Å². The first kappa shape index (κ1) is 12.6. The molecule has 0 atom stereocenters. The van der Waals surface area contributed by atoms with E-state index in [0.717, 1.165) is 30.0 Å². The number of carbonyl (C=O) groups excluding carboxylic acids is 1. The van der Waals surface area contributed by atoms with Crippen LogP contribution in [0.2, 0.25) is 0 Å². The van der Waals surface area contributed by atoms with Crippen LogP contribution in [0.4, 0.5) is 0 Å². The first-order valence-electron chi connectivity index (χ1n) is 6.35. The molecular formula is C15H17NO2. The Morgan fingerprint density at radius 1 is 1.22 bits per heavy atom. The number of nitrogens with one attached hydrogen (secondary N) is 1. The Balaban J connectivity index is 2.40. The Labute approximate surface area is 106 Å². The molecule has 0 aliphatic rings. The standard InChI is InChI=1S/C15H17NO2/c1-2-3-4-5-11-6-7-14-13(8-11)12(10-17)9-15(18)16-14/h6-10H,2-5H2,1H3,(H,16,18). The molecule has 0 saturated carbocycles. The van der Waals surface area contributed by atoms with Crippen molar-refractivity contribution in [3.05, 3.63) is 45.7 Å². The lowest BCUT2D eigenvalue weighted by Gasteiger charge is -2.05. The van der Waals surface area contributed by atoms with Crippen molar-refractivity contribution in [2.24, 2.45) is 0 Å². The molecule has 1 aromatic carbocycles. The van der Waals surface area contributed by atoms with Crippen LogP contribution in [0.25, 0.3) is 10.9 Å². The number of aromatic nitrogens is 1. The van der Waals surface area contributed by atoms with E-state index in [1.807, 2.05) is 18.2 Å². The Morgan fingerprint density at radius 2 is 2.06 bits per heavy atom.